The molecule has 0 unspecified atom stereocenters. The molecule has 0 atom stereocenters. The molecule has 3 nitrogen and oxygen atoms in total. The number of rotatable bonds is 5. The minimum absolute atomic E-state index is 0. The van der Waals surface area contributed by atoms with Gasteiger partial charge < -0.3 is 10.6 Å². The molecule has 0 aromatic carbocycles. The van der Waals surface area contributed by atoms with Crippen molar-refractivity contribution in [2.45, 2.75) is 57.4 Å². The van der Waals surface area contributed by atoms with E-state index in [-0.39, 0.29) is 24.0 Å². The van der Waals surface area contributed by atoms with Crippen LogP contribution in [-0.2, 0) is 0 Å². The lowest BCUT2D eigenvalue weighted by Gasteiger charge is -2.17. The van der Waals surface area contributed by atoms with Gasteiger partial charge in [0.2, 0.25) is 0 Å². The van der Waals surface area contributed by atoms with Crippen molar-refractivity contribution in [1.29, 1.82) is 0 Å². The molecule has 17 heavy (non-hydrogen) atoms. The largest absolute Gasteiger partial charge is 0.370 e. The Morgan fingerprint density at radius 1 is 1.24 bits per heavy atom. The Morgan fingerprint density at radius 2 is 1.88 bits per heavy atom. The van der Waals surface area contributed by atoms with Crippen LogP contribution >= 0.6 is 24.0 Å². The molecular weight excluding hydrogens is 325 g/mol. The maximum absolute atomic E-state index is 5.93. The van der Waals surface area contributed by atoms with Crippen LogP contribution in [0.25, 0.3) is 0 Å². The van der Waals surface area contributed by atoms with Gasteiger partial charge in [0.15, 0.2) is 5.96 Å². The molecule has 2 rings (SSSR count). The van der Waals surface area contributed by atoms with Gasteiger partial charge in [-0.05, 0) is 31.6 Å². The number of guanidine groups is 1. The van der Waals surface area contributed by atoms with Gasteiger partial charge in [-0.1, -0.05) is 25.7 Å². The van der Waals surface area contributed by atoms with Crippen LogP contribution in [0.15, 0.2) is 4.99 Å². The maximum Gasteiger partial charge on any atom is 0.191 e. The zero-order valence-electron chi connectivity index (χ0n) is 10.9. The number of nitrogens with two attached hydrogens (primary N) is 1. The van der Waals surface area contributed by atoms with E-state index < -0.39 is 0 Å². The summed E-state index contributed by atoms with van der Waals surface area (Å²) in [6.45, 7) is 0.916. The van der Waals surface area contributed by atoms with Crippen molar-refractivity contribution in [1.82, 2.24) is 4.90 Å². The van der Waals surface area contributed by atoms with Crippen LogP contribution in [0, 0.1) is 5.92 Å². The summed E-state index contributed by atoms with van der Waals surface area (Å²) in [5.41, 5.74) is 5.93. The smallest absolute Gasteiger partial charge is 0.191 e. The highest BCUT2D eigenvalue weighted by atomic mass is 127. The topological polar surface area (TPSA) is 41.6 Å². The average molecular weight is 351 g/mol. The van der Waals surface area contributed by atoms with Crippen molar-refractivity contribution in [3.8, 4) is 0 Å². The van der Waals surface area contributed by atoms with Gasteiger partial charge >= 0.3 is 0 Å². The second kappa shape index (κ2) is 7.44. The highest BCUT2D eigenvalue weighted by Crippen LogP contribution is 2.28. The van der Waals surface area contributed by atoms with Crippen LogP contribution in [0.2, 0.25) is 0 Å². The highest BCUT2D eigenvalue weighted by Gasteiger charge is 2.27. The van der Waals surface area contributed by atoms with E-state index in [4.69, 9.17) is 5.73 Å². The third kappa shape index (κ3) is 5.02. The summed E-state index contributed by atoms with van der Waals surface area (Å²) in [4.78, 5) is 6.60. The Labute approximate surface area is 122 Å². The van der Waals surface area contributed by atoms with Gasteiger partial charge in [0.25, 0.3) is 0 Å². The van der Waals surface area contributed by atoms with Crippen molar-refractivity contribution < 1.29 is 0 Å². The Bertz CT molecular complexity index is 245. The van der Waals surface area contributed by atoms with E-state index in [1.165, 1.54) is 51.4 Å². The van der Waals surface area contributed by atoms with Crippen LogP contribution in [0.4, 0.5) is 0 Å². The Balaban J connectivity index is 0.00000144. The summed E-state index contributed by atoms with van der Waals surface area (Å²) in [5, 5.41) is 0. The summed E-state index contributed by atoms with van der Waals surface area (Å²) < 4.78 is 0. The molecule has 2 aliphatic rings. The minimum atomic E-state index is 0. The number of aliphatic imine (C=N–C) groups is 1. The minimum Gasteiger partial charge on any atom is -0.370 e. The summed E-state index contributed by atoms with van der Waals surface area (Å²) in [7, 11) is 2.06. The van der Waals surface area contributed by atoms with Crippen molar-refractivity contribution >= 4 is 29.9 Å². The Morgan fingerprint density at radius 3 is 2.47 bits per heavy atom. The number of hydrogen-bond donors (Lipinski definition) is 1. The summed E-state index contributed by atoms with van der Waals surface area (Å²) in [5.74, 6) is 1.73. The fourth-order valence-corrected chi connectivity index (χ4v) is 2.63. The van der Waals surface area contributed by atoms with Crippen LogP contribution in [0.1, 0.15) is 51.4 Å². The average Bonchev–Trinajstić information content (AvgIpc) is 3.01. The van der Waals surface area contributed by atoms with Crippen molar-refractivity contribution in [2.24, 2.45) is 16.6 Å². The quantitative estimate of drug-likeness (QED) is 0.358. The fourth-order valence-electron chi connectivity index (χ4n) is 2.63. The summed E-state index contributed by atoms with van der Waals surface area (Å²) in [6, 6.07) is 0.679. The SMILES string of the molecule is CN(C(N)=NCCCC1CCCC1)C1CC1.I. The second-order valence-corrected chi connectivity index (χ2v) is 5.37. The van der Waals surface area contributed by atoms with Crippen molar-refractivity contribution in [3.05, 3.63) is 0 Å². The van der Waals surface area contributed by atoms with Gasteiger partial charge in [-0.25, -0.2) is 0 Å². The second-order valence-electron chi connectivity index (χ2n) is 5.37. The van der Waals surface area contributed by atoms with E-state index in [0.29, 0.717) is 6.04 Å². The zero-order valence-corrected chi connectivity index (χ0v) is 13.2. The standard InChI is InChI=1S/C13H25N3.HI/c1-16(12-8-9-12)13(14)15-10-4-7-11-5-2-3-6-11;/h11-12H,2-10H2,1H3,(H2,14,15);1H. The van der Waals surface area contributed by atoms with Gasteiger partial charge in [-0.3, -0.25) is 4.99 Å². The molecule has 0 aromatic rings. The van der Waals surface area contributed by atoms with Crippen LogP contribution in [0.3, 0.4) is 0 Å². The van der Waals surface area contributed by atoms with Crippen LogP contribution < -0.4 is 5.73 Å². The molecule has 0 heterocycles. The lowest BCUT2D eigenvalue weighted by molar-refractivity contribution is 0.475. The first-order valence-corrected chi connectivity index (χ1v) is 6.80. The summed E-state index contributed by atoms with van der Waals surface area (Å²) >= 11 is 0. The van der Waals surface area contributed by atoms with Gasteiger partial charge in [-0.15, -0.1) is 24.0 Å². The lowest BCUT2D eigenvalue weighted by atomic mass is 10.0. The monoisotopic (exact) mass is 351 g/mol. The van der Waals surface area contributed by atoms with Gasteiger partial charge in [0.05, 0.1) is 0 Å². The number of hydrogen-bond acceptors (Lipinski definition) is 1. The highest BCUT2D eigenvalue weighted by molar-refractivity contribution is 14.0. The maximum atomic E-state index is 5.93. The Hall–Kier alpha value is 0. The lowest BCUT2D eigenvalue weighted by Crippen LogP contribution is -2.35. The molecule has 0 amide bonds. The molecule has 0 saturated heterocycles. The summed E-state index contributed by atoms with van der Waals surface area (Å²) in [6.07, 6.45) is 10.9. The first-order valence-electron chi connectivity index (χ1n) is 6.80. The molecular formula is C13H26IN3. The molecule has 2 saturated carbocycles. The van der Waals surface area contributed by atoms with Crippen molar-refractivity contribution in [3.63, 3.8) is 0 Å². The van der Waals surface area contributed by atoms with E-state index in [9.17, 15) is 0 Å². The Kier molecular flexibility index (Phi) is 6.59. The van der Waals surface area contributed by atoms with Gasteiger partial charge in [0, 0.05) is 19.6 Å². The van der Waals surface area contributed by atoms with E-state index in [1.54, 1.807) is 0 Å². The molecule has 0 radical (unpaired) electrons. The molecule has 2 N–H and O–H groups in total. The molecule has 0 aromatic heterocycles. The van der Waals surface area contributed by atoms with E-state index in [0.717, 1.165) is 18.4 Å². The van der Waals surface area contributed by atoms with Crippen LogP contribution in [0.5, 0.6) is 0 Å². The van der Waals surface area contributed by atoms with E-state index in [1.807, 2.05) is 0 Å². The van der Waals surface area contributed by atoms with Crippen LogP contribution in [-0.4, -0.2) is 30.5 Å². The third-order valence-electron chi connectivity index (χ3n) is 3.97. The third-order valence-corrected chi connectivity index (χ3v) is 3.97. The zero-order chi connectivity index (χ0) is 11.4. The number of nitrogens with zero attached hydrogens (tertiary/aromatic N) is 2. The predicted octanol–water partition coefficient (Wildman–Crippen LogP) is 2.98. The van der Waals surface area contributed by atoms with Crippen molar-refractivity contribution in [2.75, 3.05) is 13.6 Å². The van der Waals surface area contributed by atoms with Gasteiger partial charge in [0.1, 0.15) is 0 Å². The molecule has 4 heteroatoms. The van der Waals surface area contributed by atoms with Gasteiger partial charge in [-0.2, -0.15) is 0 Å². The molecule has 2 aliphatic carbocycles. The molecule has 100 valence electrons. The first kappa shape index (κ1) is 15.1. The normalized spacial score (nSPS) is 21.4. The fraction of sp³-hybridized carbons (Fsp3) is 0.923. The first-order chi connectivity index (χ1) is 7.77. The van der Waals surface area contributed by atoms with E-state index >= 15 is 0 Å². The molecule has 0 aliphatic heterocycles. The molecule has 0 spiro atoms. The van der Waals surface area contributed by atoms with E-state index in [2.05, 4.69) is 16.9 Å². The number of halogens is 1. The predicted molar refractivity (Wildman–Crippen MR) is 83.9 cm³/mol. The molecule has 0 bridgehead atoms. The molecule has 2 fully saturated rings.